The maximum Gasteiger partial charge on any atom is 0.307 e. The number of carbonyl (C=O) groups excluding carboxylic acids is 1. The van der Waals surface area contributed by atoms with Crippen molar-refractivity contribution in [3.8, 4) is 0 Å². The second-order valence-electron chi connectivity index (χ2n) is 6.58. The van der Waals surface area contributed by atoms with Gasteiger partial charge in [0.25, 0.3) is 0 Å². The fourth-order valence-corrected chi connectivity index (χ4v) is 3.21. The van der Waals surface area contributed by atoms with Crippen LogP contribution in [0.3, 0.4) is 0 Å². The van der Waals surface area contributed by atoms with Crippen LogP contribution in [0, 0.1) is 23.7 Å². The highest BCUT2D eigenvalue weighted by molar-refractivity contribution is 5.86. The highest BCUT2D eigenvalue weighted by Gasteiger charge is 2.50. The van der Waals surface area contributed by atoms with Crippen LogP contribution in [0.25, 0.3) is 0 Å². The van der Waals surface area contributed by atoms with E-state index in [-0.39, 0.29) is 17.7 Å². The van der Waals surface area contributed by atoms with E-state index in [1.54, 1.807) is 4.90 Å². The molecule has 0 spiro atoms. The molecule has 3 unspecified atom stereocenters. The van der Waals surface area contributed by atoms with Crippen LogP contribution in [0.4, 0.5) is 0 Å². The van der Waals surface area contributed by atoms with Gasteiger partial charge in [0.2, 0.25) is 5.91 Å². The van der Waals surface area contributed by atoms with Crippen LogP contribution in [0.5, 0.6) is 0 Å². The minimum absolute atomic E-state index is 0.0953. The lowest BCUT2D eigenvalue weighted by Gasteiger charge is -2.50. The van der Waals surface area contributed by atoms with Crippen molar-refractivity contribution in [2.75, 3.05) is 13.1 Å². The van der Waals surface area contributed by atoms with E-state index in [1.807, 2.05) is 20.8 Å². The smallest absolute Gasteiger partial charge is 0.307 e. The predicted octanol–water partition coefficient (Wildman–Crippen LogP) is 0.963. The van der Waals surface area contributed by atoms with Gasteiger partial charge in [-0.2, -0.15) is 0 Å². The van der Waals surface area contributed by atoms with Crippen molar-refractivity contribution in [3.63, 3.8) is 0 Å². The van der Waals surface area contributed by atoms with Gasteiger partial charge in [-0.3, -0.25) is 9.59 Å². The number of aliphatic carboxylic acids is 1. The Morgan fingerprint density at radius 1 is 1.21 bits per heavy atom. The van der Waals surface area contributed by atoms with E-state index in [4.69, 9.17) is 0 Å². The Morgan fingerprint density at radius 2 is 1.74 bits per heavy atom. The summed E-state index contributed by atoms with van der Waals surface area (Å²) in [7, 11) is 0. The van der Waals surface area contributed by atoms with Crippen molar-refractivity contribution >= 4 is 11.9 Å². The number of hydrogen-bond donors (Lipinski definition) is 2. The molecule has 1 amide bonds. The molecular weight excluding hydrogens is 246 g/mol. The maximum atomic E-state index is 12.3. The van der Waals surface area contributed by atoms with Crippen molar-refractivity contribution < 1.29 is 19.8 Å². The molecular formula is C14H23NO4. The number of β-amino-alcohol motifs (C(OH)–C–C–N with tert-alkyl or cyclic N) is 1. The summed E-state index contributed by atoms with van der Waals surface area (Å²) in [6, 6.07) is 0. The number of carboxylic acids is 1. The second-order valence-corrected chi connectivity index (χ2v) is 6.58. The Morgan fingerprint density at radius 3 is 2.21 bits per heavy atom. The first-order chi connectivity index (χ1) is 8.74. The molecule has 5 nitrogen and oxygen atoms in total. The van der Waals surface area contributed by atoms with Gasteiger partial charge in [-0.25, -0.2) is 0 Å². The summed E-state index contributed by atoms with van der Waals surface area (Å²) in [5.74, 6) is -1.56. The number of aliphatic hydroxyl groups is 1. The summed E-state index contributed by atoms with van der Waals surface area (Å²) in [5, 5.41) is 19.4. The minimum atomic E-state index is -0.873. The van der Waals surface area contributed by atoms with Crippen LogP contribution in [0.15, 0.2) is 0 Å². The third kappa shape index (κ3) is 2.48. The highest BCUT2D eigenvalue weighted by Crippen LogP contribution is 2.39. The van der Waals surface area contributed by atoms with Gasteiger partial charge in [0.05, 0.1) is 24.9 Å². The quantitative estimate of drug-likeness (QED) is 0.800. The topological polar surface area (TPSA) is 77.8 Å². The molecule has 2 rings (SSSR count). The van der Waals surface area contributed by atoms with E-state index < -0.39 is 23.4 Å². The van der Waals surface area contributed by atoms with Crippen LogP contribution in [-0.2, 0) is 9.59 Å². The summed E-state index contributed by atoms with van der Waals surface area (Å²) in [5.41, 5.74) is -0.793. The molecule has 1 aliphatic carbocycles. The van der Waals surface area contributed by atoms with Crippen molar-refractivity contribution in [2.24, 2.45) is 23.7 Å². The molecule has 0 aromatic heterocycles. The lowest BCUT2D eigenvalue weighted by molar-refractivity contribution is -0.170. The second kappa shape index (κ2) is 4.78. The van der Waals surface area contributed by atoms with E-state index >= 15 is 0 Å². The first kappa shape index (κ1) is 14.3. The Bertz CT molecular complexity index is 387. The zero-order chi connectivity index (χ0) is 14.4. The molecule has 1 aliphatic heterocycles. The van der Waals surface area contributed by atoms with Gasteiger partial charge in [-0.1, -0.05) is 20.8 Å². The van der Waals surface area contributed by atoms with Crippen LogP contribution >= 0.6 is 0 Å². The zero-order valence-electron chi connectivity index (χ0n) is 11.8. The standard InChI is InChI=1S/C14H23NO4/c1-8(2)14(19)6-15(7-14)12(16)10-4-9(3)5-11(10)13(17)18/h8-11,19H,4-7H2,1-3H3,(H,17,18). The number of hydrogen-bond acceptors (Lipinski definition) is 3. The number of nitrogens with zero attached hydrogens (tertiary/aromatic N) is 1. The van der Waals surface area contributed by atoms with Crippen LogP contribution in [0.2, 0.25) is 0 Å². The van der Waals surface area contributed by atoms with Gasteiger partial charge in [0.15, 0.2) is 0 Å². The molecule has 3 atom stereocenters. The van der Waals surface area contributed by atoms with Crippen LogP contribution < -0.4 is 0 Å². The minimum Gasteiger partial charge on any atom is -0.481 e. The fraction of sp³-hybridized carbons (Fsp3) is 0.857. The number of rotatable bonds is 3. The Labute approximate surface area is 113 Å². The lowest BCUT2D eigenvalue weighted by Crippen LogP contribution is -2.67. The van der Waals surface area contributed by atoms with Gasteiger partial charge in [0.1, 0.15) is 5.60 Å². The summed E-state index contributed by atoms with van der Waals surface area (Å²) in [6.45, 7) is 6.52. The van der Waals surface area contributed by atoms with E-state index in [2.05, 4.69) is 0 Å². The number of carbonyl (C=O) groups is 2. The molecule has 0 aromatic carbocycles. The normalized spacial score (nSPS) is 33.3. The maximum absolute atomic E-state index is 12.3. The molecule has 0 radical (unpaired) electrons. The van der Waals surface area contributed by atoms with E-state index in [0.29, 0.717) is 25.9 Å². The molecule has 1 heterocycles. The predicted molar refractivity (Wildman–Crippen MR) is 69.4 cm³/mol. The molecule has 0 aromatic rings. The Balaban J connectivity index is 2.00. The largest absolute Gasteiger partial charge is 0.481 e. The van der Waals surface area contributed by atoms with Gasteiger partial charge in [-0.15, -0.1) is 0 Å². The van der Waals surface area contributed by atoms with E-state index in [1.165, 1.54) is 0 Å². The fourth-order valence-electron chi connectivity index (χ4n) is 3.21. The lowest BCUT2D eigenvalue weighted by atomic mass is 9.81. The summed E-state index contributed by atoms with van der Waals surface area (Å²) < 4.78 is 0. The first-order valence-electron chi connectivity index (χ1n) is 6.98. The van der Waals surface area contributed by atoms with Gasteiger partial charge in [-0.05, 0) is 24.7 Å². The molecule has 2 aliphatic rings. The van der Waals surface area contributed by atoms with Gasteiger partial charge >= 0.3 is 5.97 Å². The molecule has 1 saturated carbocycles. The molecule has 1 saturated heterocycles. The number of likely N-dealkylation sites (tertiary alicyclic amines) is 1. The highest BCUT2D eigenvalue weighted by atomic mass is 16.4. The molecule has 2 N–H and O–H groups in total. The molecule has 2 fully saturated rings. The molecule has 19 heavy (non-hydrogen) atoms. The molecule has 0 bridgehead atoms. The zero-order valence-corrected chi connectivity index (χ0v) is 11.8. The van der Waals surface area contributed by atoms with E-state index in [9.17, 15) is 19.8 Å². The third-order valence-electron chi connectivity index (χ3n) is 4.75. The average Bonchev–Trinajstić information content (AvgIpc) is 2.66. The van der Waals surface area contributed by atoms with E-state index in [0.717, 1.165) is 0 Å². The summed E-state index contributed by atoms with van der Waals surface area (Å²) >= 11 is 0. The monoisotopic (exact) mass is 269 g/mol. The first-order valence-corrected chi connectivity index (χ1v) is 6.98. The molecule has 5 heteroatoms. The van der Waals surface area contributed by atoms with Gasteiger partial charge < -0.3 is 15.1 Å². The number of carboxylic acid groups (broad SMARTS) is 1. The van der Waals surface area contributed by atoms with Crippen molar-refractivity contribution in [3.05, 3.63) is 0 Å². The SMILES string of the molecule is CC1CC(C(=O)O)C(C(=O)N2CC(O)(C(C)C)C2)C1. The average molecular weight is 269 g/mol. The van der Waals surface area contributed by atoms with Crippen molar-refractivity contribution in [2.45, 2.75) is 39.2 Å². The van der Waals surface area contributed by atoms with Crippen LogP contribution in [0.1, 0.15) is 33.6 Å². The summed E-state index contributed by atoms with van der Waals surface area (Å²) in [6.07, 6.45) is 1.22. The summed E-state index contributed by atoms with van der Waals surface area (Å²) in [4.78, 5) is 25.2. The van der Waals surface area contributed by atoms with Crippen molar-refractivity contribution in [1.29, 1.82) is 0 Å². The Kier molecular flexibility index (Phi) is 3.60. The molecule has 108 valence electrons. The van der Waals surface area contributed by atoms with Gasteiger partial charge in [0, 0.05) is 0 Å². The Hall–Kier alpha value is -1.10. The third-order valence-corrected chi connectivity index (χ3v) is 4.75. The number of amides is 1. The van der Waals surface area contributed by atoms with Crippen LogP contribution in [-0.4, -0.2) is 45.7 Å². The van der Waals surface area contributed by atoms with Crippen molar-refractivity contribution in [1.82, 2.24) is 4.90 Å².